The van der Waals surface area contributed by atoms with Gasteiger partial charge in [-0.2, -0.15) is 0 Å². The lowest BCUT2D eigenvalue weighted by atomic mass is 10.8. The molecule has 0 N–H and O–H groups in total. The monoisotopic (exact) mass is 202 g/mol. The van der Waals surface area contributed by atoms with Crippen molar-refractivity contribution in [2.24, 2.45) is 0 Å². The Morgan fingerprint density at radius 2 is 0.714 bits per heavy atom. The summed E-state index contributed by atoms with van der Waals surface area (Å²) in [7, 11) is 3.30. The van der Waals surface area contributed by atoms with E-state index in [4.69, 9.17) is 0 Å². The van der Waals surface area contributed by atoms with Crippen LogP contribution >= 0.6 is 0 Å². The molecule has 0 aliphatic rings. The van der Waals surface area contributed by atoms with E-state index in [2.05, 4.69) is 62.1 Å². The Labute approximate surface area is 90.2 Å². The first-order chi connectivity index (χ1) is 6.91. The van der Waals surface area contributed by atoms with Crippen molar-refractivity contribution in [1.29, 1.82) is 0 Å². The van der Waals surface area contributed by atoms with Crippen LogP contribution in [-0.4, -0.2) is 27.4 Å². The molecule has 0 aliphatic heterocycles. The SMILES string of the molecule is C=C.C=C.C=C.C=C.COCCOC. The van der Waals surface area contributed by atoms with Gasteiger partial charge in [0.1, 0.15) is 0 Å². The summed E-state index contributed by atoms with van der Waals surface area (Å²) in [5.74, 6) is 0. The predicted octanol–water partition coefficient (Wildman–Crippen LogP) is 3.49. The fourth-order valence-corrected chi connectivity index (χ4v) is 0.167. The molecular formula is C12H26O2. The number of hydrogen-bond acceptors (Lipinski definition) is 2. The van der Waals surface area contributed by atoms with E-state index in [1.54, 1.807) is 14.2 Å². The van der Waals surface area contributed by atoms with Crippen LogP contribution in [0.2, 0.25) is 0 Å². The molecule has 86 valence electrons. The zero-order chi connectivity index (χ0) is 12.8. The van der Waals surface area contributed by atoms with Gasteiger partial charge in [-0.1, -0.05) is 0 Å². The van der Waals surface area contributed by atoms with E-state index in [0.717, 1.165) is 0 Å². The maximum atomic E-state index is 4.66. The molecule has 0 rings (SSSR count). The first-order valence-corrected chi connectivity index (χ1v) is 3.89. The van der Waals surface area contributed by atoms with Gasteiger partial charge in [-0.3, -0.25) is 0 Å². The summed E-state index contributed by atoms with van der Waals surface area (Å²) >= 11 is 0. The number of hydrogen-bond donors (Lipinski definition) is 0. The number of rotatable bonds is 3. The van der Waals surface area contributed by atoms with E-state index in [1.165, 1.54) is 0 Å². The molecule has 0 heterocycles. The van der Waals surface area contributed by atoms with Gasteiger partial charge in [0.15, 0.2) is 0 Å². The number of methoxy groups -OCH3 is 2. The minimum Gasteiger partial charge on any atom is -0.382 e. The highest BCUT2D eigenvalue weighted by molar-refractivity contribution is 4.23. The molecule has 0 spiro atoms. The zero-order valence-electron chi connectivity index (χ0n) is 9.89. The van der Waals surface area contributed by atoms with Gasteiger partial charge in [-0.25, -0.2) is 0 Å². The van der Waals surface area contributed by atoms with Crippen molar-refractivity contribution in [3.63, 3.8) is 0 Å². The second-order valence-corrected chi connectivity index (χ2v) is 0.986. The Morgan fingerprint density at radius 1 is 0.571 bits per heavy atom. The average molecular weight is 202 g/mol. The molecule has 2 nitrogen and oxygen atoms in total. The van der Waals surface area contributed by atoms with Crippen molar-refractivity contribution in [2.75, 3.05) is 27.4 Å². The quantitative estimate of drug-likeness (QED) is 0.515. The lowest BCUT2D eigenvalue weighted by Crippen LogP contribution is -1.96. The standard InChI is InChI=1S/C4H10O2.4C2H4/c1-5-3-4-6-2;4*1-2/h3-4H2,1-2H3;4*1-2H2. The van der Waals surface area contributed by atoms with Crippen LogP contribution in [0.4, 0.5) is 0 Å². The molecule has 0 bridgehead atoms. The largest absolute Gasteiger partial charge is 0.382 e. The van der Waals surface area contributed by atoms with Crippen LogP contribution in [0.5, 0.6) is 0 Å². The van der Waals surface area contributed by atoms with E-state index >= 15 is 0 Å². The van der Waals surface area contributed by atoms with Gasteiger partial charge in [0.05, 0.1) is 13.2 Å². The Kier molecular flexibility index (Phi) is 355. The topological polar surface area (TPSA) is 18.5 Å². The molecular weight excluding hydrogens is 176 g/mol. The van der Waals surface area contributed by atoms with Crippen LogP contribution in [0.3, 0.4) is 0 Å². The third-order valence-electron chi connectivity index (χ3n) is 0.492. The maximum absolute atomic E-state index is 4.66. The molecule has 0 saturated carbocycles. The summed E-state index contributed by atoms with van der Waals surface area (Å²) in [6, 6.07) is 0. The van der Waals surface area contributed by atoms with Gasteiger partial charge < -0.3 is 9.47 Å². The molecule has 0 amide bonds. The van der Waals surface area contributed by atoms with E-state index in [0.29, 0.717) is 13.2 Å². The third-order valence-corrected chi connectivity index (χ3v) is 0.492. The van der Waals surface area contributed by atoms with Gasteiger partial charge in [-0.05, 0) is 0 Å². The molecule has 0 unspecified atom stereocenters. The normalized spacial score (nSPS) is 5.00. The molecule has 0 aromatic rings. The fraction of sp³-hybridized carbons (Fsp3) is 0.333. The molecule has 0 aliphatic carbocycles. The molecule has 2 heteroatoms. The van der Waals surface area contributed by atoms with Crippen LogP contribution in [0.25, 0.3) is 0 Å². The lowest BCUT2D eigenvalue weighted by Gasteiger charge is -1.91. The van der Waals surface area contributed by atoms with Crippen molar-refractivity contribution in [3.8, 4) is 0 Å². The van der Waals surface area contributed by atoms with Crippen LogP contribution in [0, 0.1) is 0 Å². The highest BCUT2D eigenvalue weighted by Crippen LogP contribution is 1.65. The second-order valence-electron chi connectivity index (χ2n) is 0.986. The Hall–Kier alpha value is -1.12. The molecule has 0 aromatic heterocycles. The minimum absolute atomic E-state index is 0.691. The third kappa shape index (κ3) is 300. The van der Waals surface area contributed by atoms with Crippen LogP contribution in [0.1, 0.15) is 0 Å². The van der Waals surface area contributed by atoms with E-state index in [-0.39, 0.29) is 0 Å². The predicted molar refractivity (Wildman–Crippen MR) is 68.8 cm³/mol. The van der Waals surface area contributed by atoms with Gasteiger partial charge in [0, 0.05) is 14.2 Å². The minimum atomic E-state index is 0.691. The summed E-state index contributed by atoms with van der Waals surface area (Å²) in [6.07, 6.45) is 0. The smallest absolute Gasteiger partial charge is 0.0696 e. The van der Waals surface area contributed by atoms with Gasteiger partial charge in [0.25, 0.3) is 0 Å². The molecule has 0 fully saturated rings. The summed E-state index contributed by atoms with van der Waals surface area (Å²) in [5, 5.41) is 0. The molecule has 0 atom stereocenters. The van der Waals surface area contributed by atoms with Gasteiger partial charge >= 0.3 is 0 Å². The molecule has 0 radical (unpaired) electrons. The molecule has 0 saturated heterocycles. The molecule has 14 heavy (non-hydrogen) atoms. The average Bonchev–Trinajstić information content (AvgIpc) is 2.36. The Bertz CT molecular complexity index is 44.3. The number of ether oxygens (including phenoxy) is 2. The van der Waals surface area contributed by atoms with E-state index in [1.807, 2.05) is 0 Å². The second kappa shape index (κ2) is 170. The highest BCUT2D eigenvalue weighted by Gasteiger charge is 1.73. The molecule has 0 aromatic carbocycles. The van der Waals surface area contributed by atoms with E-state index in [9.17, 15) is 0 Å². The highest BCUT2D eigenvalue weighted by atomic mass is 16.5. The van der Waals surface area contributed by atoms with Gasteiger partial charge in [-0.15, -0.1) is 52.6 Å². The van der Waals surface area contributed by atoms with Crippen molar-refractivity contribution < 1.29 is 9.47 Å². The van der Waals surface area contributed by atoms with Crippen molar-refractivity contribution in [2.45, 2.75) is 0 Å². The summed E-state index contributed by atoms with van der Waals surface area (Å²) < 4.78 is 9.31. The summed E-state index contributed by atoms with van der Waals surface area (Å²) in [5.41, 5.74) is 0. The first kappa shape index (κ1) is 29.3. The van der Waals surface area contributed by atoms with Crippen molar-refractivity contribution >= 4 is 0 Å². The van der Waals surface area contributed by atoms with Crippen LogP contribution in [-0.2, 0) is 9.47 Å². The van der Waals surface area contributed by atoms with Crippen LogP contribution in [0.15, 0.2) is 52.6 Å². The van der Waals surface area contributed by atoms with Crippen molar-refractivity contribution in [3.05, 3.63) is 52.6 Å². The summed E-state index contributed by atoms with van der Waals surface area (Å²) in [6.45, 7) is 25.4. The lowest BCUT2D eigenvalue weighted by molar-refractivity contribution is 0.103. The van der Waals surface area contributed by atoms with Gasteiger partial charge in [0.2, 0.25) is 0 Å². The Morgan fingerprint density at radius 3 is 0.786 bits per heavy atom. The fourth-order valence-electron chi connectivity index (χ4n) is 0.167. The zero-order valence-corrected chi connectivity index (χ0v) is 9.89. The summed E-state index contributed by atoms with van der Waals surface area (Å²) in [4.78, 5) is 0. The van der Waals surface area contributed by atoms with Crippen molar-refractivity contribution in [1.82, 2.24) is 0 Å². The first-order valence-electron chi connectivity index (χ1n) is 3.89. The Balaban J connectivity index is -0.0000000287. The van der Waals surface area contributed by atoms with E-state index < -0.39 is 0 Å². The van der Waals surface area contributed by atoms with Crippen LogP contribution < -0.4 is 0 Å². The maximum Gasteiger partial charge on any atom is 0.0696 e.